The van der Waals surface area contributed by atoms with Gasteiger partial charge in [0.25, 0.3) is 0 Å². The van der Waals surface area contributed by atoms with Crippen LogP contribution in [0.2, 0.25) is 0 Å². The van der Waals surface area contributed by atoms with Crippen LogP contribution in [-0.4, -0.2) is 55.2 Å². The summed E-state index contributed by atoms with van der Waals surface area (Å²) in [5.41, 5.74) is 0.671. The highest BCUT2D eigenvalue weighted by Gasteiger charge is 2.21. The molecule has 0 bridgehead atoms. The number of benzene rings is 1. The molecule has 0 amide bonds. The fourth-order valence-electron chi connectivity index (χ4n) is 2.85. The molecule has 114 valence electrons. The van der Waals surface area contributed by atoms with Crippen LogP contribution in [-0.2, 0) is 0 Å². The SMILES string of the molecule is CCN1CCN(CCCOc2ccc(C#N)cc2)CC1C. The van der Waals surface area contributed by atoms with Crippen molar-refractivity contribution < 1.29 is 4.74 Å². The number of ether oxygens (including phenoxy) is 1. The van der Waals surface area contributed by atoms with E-state index in [0.717, 1.165) is 45.0 Å². The average Bonchev–Trinajstić information content (AvgIpc) is 2.52. The molecule has 1 fully saturated rings. The lowest BCUT2D eigenvalue weighted by Gasteiger charge is -2.39. The summed E-state index contributed by atoms with van der Waals surface area (Å²) in [7, 11) is 0. The summed E-state index contributed by atoms with van der Waals surface area (Å²) in [6.07, 6.45) is 1.04. The van der Waals surface area contributed by atoms with E-state index in [4.69, 9.17) is 10.00 Å². The van der Waals surface area contributed by atoms with Gasteiger partial charge in [-0.25, -0.2) is 0 Å². The van der Waals surface area contributed by atoms with Gasteiger partial charge in [-0.3, -0.25) is 4.90 Å². The average molecular weight is 287 g/mol. The number of hydrogen-bond acceptors (Lipinski definition) is 4. The molecule has 1 aromatic carbocycles. The highest BCUT2D eigenvalue weighted by atomic mass is 16.5. The second-order valence-corrected chi connectivity index (χ2v) is 5.62. The Morgan fingerprint density at radius 1 is 1.29 bits per heavy atom. The molecule has 1 heterocycles. The molecule has 1 aliphatic heterocycles. The fourth-order valence-corrected chi connectivity index (χ4v) is 2.85. The van der Waals surface area contributed by atoms with Gasteiger partial charge in [-0.15, -0.1) is 0 Å². The number of hydrogen-bond donors (Lipinski definition) is 0. The molecule has 2 rings (SSSR count). The van der Waals surface area contributed by atoms with E-state index >= 15 is 0 Å². The summed E-state index contributed by atoms with van der Waals surface area (Å²) in [6, 6.07) is 10.1. The first-order valence-corrected chi connectivity index (χ1v) is 7.82. The van der Waals surface area contributed by atoms with Crippen LogP contribution >= 0.6 is 0 Å². The molecule has 21 heavy (non-hydrogen) atoms. The first-order chi connectivity index (χ1) is 10.2. The summed E-state index contributed by atoms with van der Waals surface area (Å²) in [5, 5.41) is 8.74. The molecular weight excluding hydrogens is 262 g/mol. The maximum atomic E-state index is 8.74. The van der Waals surface area contributed by atoms with Gasteiger partial charge < -0.3 is 9.64 Å². The first kappa shape index (κ1) is 15.8. The van der Waals surface area contributed by atoms with E-state index in [1.54, 1.807) is 12.1 Å². The van der Waals surface area contributed by atoms with Crippen molar-refractivity contribution >= 4 is 0 Å². The van der Waals surface area contributed by atoms with E-state index in [1.807, 2.05) is 12.1 Å². The molecule has 4 nitrogen and oxygen atoms in total. The Morgan fingerprint density at radius 2 is 2.05 bits per heavy atom. The van der Waals surface area contributed by atoms with Crippen molar-refractivity contribution in [1.82, 2.24) is 9.80 Å². The minimum absolute atomic E-state index is 0.656. The minimum atomic E-state index is 0.656. The third-order valence-electron chi connectivity index (χ3n) is 4.13. The Labute approximate surface area is 127 Å². The first-order valence-electron chi connectivity index (χ1n) is 7.82. The van der Waals surface area contributed by atoms with Crippen LogP contribution in [0.1, 0.15) is 25.8 Å². The van der Waals surface area contributed by atoms with Gasteiger partial charge in [0.1, 0.15) is 5.75 Å². The van der Waals surface area contributed by atoms with Crippen molar-refractivity contribution in [2.45, 2.75) is 26.3 Å². The molecule has 1 aromatic rings. The number of likely N-dealkylation sites (N-methyl/N-ethyl adjacent to an activating group) is 1. The maximum absolute atomic E-state index is 8.74. The van der Waals surface area contributed by atoms with Gasteiger partial charge in [-0.05, 0) is 44.2 Å². The third kappa shape index (κ3) is 4.73. The van der Waals surface area contributed by atoms with Crippen LogP contribution in [0.25, 0.3) is 0 Å². The highest BCUT2D eigenvalue weighted by molar-refractivity contribution is 5.34. The van der Waals surface area contributed by atoms with Gasteiger partial charge >= 0.3 is 0 Å². The topological polar surface area (TPSA) is 39.5 Å². The van der Waals surface area contributed by atoms with Crippen LogP contribution in [0.4, 0.5) is 0 Å². The quantitative estimate of drug-likeness (QED) is 0.753. The monoisotopic (exact) mass is 287 g/mol. The molecule has 4 heteroatoms. The van der Waals surface area contributed by atoms with Gasteiger partial charge in [-0.1, -0.05) is 6.92 Å². The zero-order valence-electron chi connectivity index (χ0n) is 13.1. The fraction of sp³-hybridized carbons (Fsp3) is 0.588. The second-order valence-electron chi connectivity index (χ2n) is 5.62. The van der Waals surface area contributed by atoms with Crippen molar-refractivity contribution in [3.63, 3.8) is 0 Å². The van der Waals surface area contributed by atoms with Crippen molar-refractivity contribution in [3.05, 3.63) is 29.8 Å². The third-order valence-corrected chi connectivity index (χ3v) is 4.13. The standard InChI is InChI=1S/C17H25N3O/c1-3-20-11-10-19(14-15(20)2)9-4-12-21-17-7-5-16(13-18)6-8-17/h5-8,15H,3-4,9-12,14H2,1-2H3. The molecule has 1 aliphatic rings. The number of piperazine rings is 1. The number of rotatable bonds is 6. The molecule has 1 saturated heterocycles. The largest absolute Gasteiger partial charge is 0.494 e. The minimum Gasteiger partial charge on any atom is -0.494 e. The molecule has 0 spiro atoms. The normalized spacial score (nSPS) is 20.1. The molecule has 0 N–H and O–H groups in total. The van der Waals surface area contributed by atoms with E-state index in [1.165, 1.54) is 6.54 Å². The van der Waals surface area contributed by atoms with Crippen LogP contribution in [0, 0.1) is 11.3 Å². The lowest BCUT2D eigenvalue weighted by atomic mass is 10.2. The molecule has 0 aromatic heterocycles. The molecular formula is C17H25N3O. The second kappa shape index (κ2) is 8.02. The van der Waals surface area contributed by atoms with Crippen LogP contribution < -0.4 is 4.74 Å². The van der Waals surface area contributed by atoms with Crippen molar-refractivity contribution in [1.29, 1.82) is 5.26 Å². The maximum Gasteiger partial charge on any atom is 0.119 e. The van der Waals surface area contributed by atoms with E-state index < -0.39 is 0 Å². The smallest absolute Gasteiger partial charge is 0.119 e. The molecule has 0 aliphatic carbocycles. The Hall–Kier alpha value is -1.57. The summed E-state index contributed by atoms with van der Waals surface area (Å²) in [6.45, 7) is 11.0. The molecule has 1 unspecified atom stereocenters. The zero-order valence-corrected chi connectivity index (χ0v) is 13.1. The summed E-state index contributed by atoms with van der Waals surface area (Å²) >= 11 is 0. The van der Waals surface area contributed by atoms with E-state index in [2.05, 4.69) is 29.7 Å². The molecule has 0 radical (unpaired) electrons. The van der Waals surface area contributed by atoms with Gasteiger partial charge in [0.15, 0.2) is 0 Å². The van der Waals surface area contributed by atoms with Crippen molar-refractivity contribution in [3.8, 4) is 11.8 Å². The van der Waals surface area contributed by atoms with Crippen LogP contribution in [0.5, 0.6) is 5.75 Å². The Bertz CT molecular complexity index is 466. The molecule has 0 saturated carbocycles. The van der Waals surface area contributed by atoms with Gasteiger partial charge in [0.2, 0.25) is 0 Å². The Morgan fingerprint density at radius 3 is 2.67 bits per heavy atom. The van der Waals surface area contributed by atoms with Crippen LogP contribution in [0.15, 0.2) is 24.3 Å². The van der Waals surface area contributed by atoms with Gasteiger partial charge in [-0.2, -0.15) is 5.26 Å². The lowest BCUT2D eigenvalue weighted by molar-refractivity contribution is 0.0843. The Balaban J connectivity index is 1.64. The van der Waals surface area contributed by atoms with E-state index in [9.17, 15) is 0 Å². The summed E-state index contributed by atoms with van der Waals surface area (Å²) in [4.78, 5) is 5.06. The Kier molecular flexibility index (Phi) is 6.04. The highest BCUT2D eigenvalue weighted by Crippen LogP contribution is 2.12. The predicted molar refractivity (Wildman–Crippen MR) is 84.4 cm³/mol. The lowest BCUT2D eigenvalue weighted by Crippen LogP contribution is -2.51. The van der Waals surface area contributed by atoms with Gasteiger partial charge in [0.05, 0.1) is 18.2 Å². The zero-order chi connectivity index (χ0) is 15.1. The summed E-state index contributed by atoms with van der Waals surface area (Å²) < 4.78 is 5.72. The van der Waals surface area contributed by atoms with Crippen LogP contribution in [0.3, 0.4) is 0 Å². The van der Waals surface area contributed by atoms with E-state index in [-0.39, 0.29) is 0 Å². The molecule has 1 atom stereocenters. The van der Waals surface area contributed by atoms with Crippen molar-refractivity contribution in [2.75, 3.05) is 39.3 Å². The summed E-state index contributed by atoms with van der Waals surface area (Å²) in [5.74, 6) is 0.846. The van der Waals surface area contributed by atoms with Crippen molar-refractivity contribution in [2.24, 2.45) is 0 Å². The van der Waals surface area contributed by atoms with Gasteiger partial charge in [0, 0.05) is 32.2 Å². The van der Waals surface area contributed by atoms with E-state index in [0.29, 0.717) is 11.6 Å². The number of nitriles is 1. The predicted octanol–water partition coefficient (Wildman–Crippen LogP) is 2.35. The number of nitrogens with zero attached hydrogens (tertiary/aromatic N) is 3.